The Morgan fingerprint density at radius 3 is 2.79 bits per heavy atom. The van der Waals surface area contributed by atoms with Gasteiger partial charge in [-0.25, -0.2) is 0 Å². The van der Waals surface area contributed by atoms with Crippen LogP contribution in [0.5, 0.6) is 0 Å². The average Bonchev–Trinajstić information content (AvgIpc) is 3.03. The first-order valence-electron chi connectivity index (χ1n) is 8.93. The molecule has 1 aromatic heterocycles. The molecule has 1 saturated heterocycles. The Hall–Kier alpha value is -1.79. The van der Waals surface area contributed by atoms with Gasteiger partial charge >= 0.3 is 0 Å². The van der Waals surface area contributed by atoms with Crippen molar-refractivity contribution in [3.05, 3.63) is 35.2 Å². The summed E-state index contributed by atoms with van der Waals surface area (Å²) in [4.78, 5) is 2.52. The summed E-state index contributed by atoms with van der Waals surface area (Å²) in [5.41, 5.74) is 3.49. The van der Waals surface area contributed by atoms with Crippen molar-refractivity contribution in [3.8, 4) is 5.69 Å². The summed E-state index contributed by atoms with van der Waals surface area (Å²) in [6.45, 7) is 6.78. The summed E-state index contributed by atoms with van der Waals surface area (Å²) in [6, 6.07) is 6.81. The highest BCUT2D eigenvalue weighted by Crippen LogP contribution is 2.29. The molecule has 0 N–H and O–H groups in total. The Labute approximate surface area is 142 Å². The number of para-hydroxylation sites is 1. The Balaban J connectivity index is 1.61. The maximum Gasteiger partial charge on any atom is 0.170 e. The fourth-order valence-electron chi connectivity index (χ4n) is 4.17. The molecule has 0 spiro atoms. The zero-order valence-electron chi connectivity index (χ0n) is 14.5. The average molecular weight is 327 g/mol. The first kappa shape index (κ1) is 15.7. The molecule has 0 amide bonds. The smallest absolute Gasteiger partial charge is 0.170 e. The molecular weight excluding hydrogens is 302 g/mol. The van der Waals surface area contributed by atoms with E-state index >= 15 is 0 Å². The van der Waals surface area contributed by atoms with Gasteiger partial charge in [0.05, 0.1) is 24.9 Å². The van der Waals surface area contributed by atoms with E-state index in [-0.39, 0.29) is 0 Å². The molecule has 2 aliphatic rings. The van der Waals surface area contributed by atoms with Crippen molar-refractivity contribution < 1.29 is 4.74 Å². The topological polar surface area (TPSA) is 56.1 Å². The molecular formula is C18H25N5O. The van der Waals surface area contributed by atoms with Gasteiger partial charge in [0.15, 0.2) is 5.82 Å². The molecule has 1 aliphatic heterocycles. The van der Waals surface area contributed by atoms with Gasteiger partial charge in [0, 0.05) is 12.6 Å². The van der Waals surface area contributed by atoms with Crippen LogP contribution in [0.25, 0.3) is 5.69 Å². The van der Waals surface area contributed by atoms with Gasteiger partial charge in [-0.15, -0.1) is 5.10 Å². The summed E-state index contributed by atoms with van der Waals surface area (Å²) < 4.78 is 7.90. The summed E-state index contributed by atoms with van der Waals surface area (Å²) >= 11 is 0. The minimum Gasteiger partial charge on any atom is -0.375 e. The molecule has 6 heteroatoms. The van der Waals surface area contributed by atoms with E-state index < -0.39 is 0 Å². The molecule has 2 atom stereocenters. The second kappa shape index (κ2) is 6.61. The molecule has 2 heterocycles. The van der Waals surface area contributed by atoms with Crippen molar-refractivity contribution in [1.29, 1.82) is 0 Å². The highest BCUT2D eigenvalue weighted by molar-refractivity contribution is 5.46. The van der Waals surface area contributed by atoms with Gasteiger partial charge in [-0.3, -0.25) is 4.90 Å². The van der Waals surface area contributed by atoms with Crippen LogP contribution >= 0.6 is 0 Å². The maximum absolute atomic E-state index is 5.98. The lowest BCUT2D eigenvalue weighted by Crippen LogP contribution is -2.52. The normalized spacial score (nSPS) is 24.8. The van der Waals surface area contributed by atoms with Gasteiger partial charge in [-0.05, 0) is 48.2 Å². The van der Waals surface area contributed by atoms with Crippen molar-refractivity contribution in [2.45, 2.75) is 58.2 Å². The molecule has 0 bridgehead atoms. The second-order valence-corrected chi connectivity index (χ2v) is 6.98. The standard InChI is InChI=1S/C18H25N5O/c1-13-6-5-7-14(2)18(13)23-17(19-20-21-23)12-22-10-11-24-16-9-4-3-8-15(16)22/h5-7,15-16H,3-4,8-12H2,1-2H3/t15-,16-/m0/s1. The van der Waals surface area contributed by atoms with Gasteiger partial charge in [0.2, 0.25) is 0 Å². The van der Waals surface area contributed by atoms with Crippen LogP contribution in [0.2, 0.25) is 0 Å². The third-order valence-corrected chi connectivity index (χ3v) is 5.38. The Kier molecular flexibility index (Phi) is 4.33. The summed E-state index contributed by atoms with van der Waals surface area (Å²) in [5, 5.41) is 12.6. The molecule has 1 aromatic carbocycles. The van der Waals surface area contributed by atoms with Crippen molar-refractivity contribution in [2.75, 3.05) is 13.2 Å². The number of ether oxygens (including phenoxy) is 1. The van der Waals surface area contributed by atoms with Gasteiger partial charge < -0.3 is 4.74 Å². The highest BCUT2D eigenvalue weighted by atomic mass is 16.5. The molecule has 2 aromatic rings. The minimum atomic E-state index is 0.386. The first-order chi connectivity index (χ1) is 11.7. The molecule has 1 aliphatic carbocycles. The Morgan fingerprint density at radius 2 is 1.96 bits per heavy atom. The van der Waals surface area contributed by atoms with E-state index in [1.165, 1.54) is 36.8 Å². The first-order valence-corrected chi connectivity index (χ1v) is 8.93. The van der Waals surface area contributed by atoms with Crippen molar-refractivity contribution >= 4 is 0 Å². The molecule has 4 rings (SSSR count). The minimum absolute atomic E-state index is 0.386. The fourth-order valence-corrected chi connectivity index (χ4v) is 4.17. The van der Waals surface area contributed by atoms with Gasteiger partial charge in [0.25, 0.3) is 0 Å². The molecule has 1 saturated carbocycles. The third kappa shape index (κ3) is 2.84. The van der Waals surface area contributed by atoms with Gasteiger partial charge in [0.1, 0.15) is 0 Å². The van der Waals surface area contributed by atoms with Crippen LogP contribution in [-0.2, 0) is 11.3 Å². The molecule has 24 heavy (non-hydrogen) atoms. The van der Waals surface area contributed by atoms with E-state index in [1.807, 2.05) is 4.68 Å². The molecule has 2 fully saturated rings. The van der Waals surface area contributed by atoms with Gasteiger partial charge in [-0.2, -0.15) is 4.68 Å². The van der Waals surface area contributed by atoms with Crippen molar-refractivity contribution in [2.24, 2.45) is 0 Å². The third-order valence-electron chi connectivity index (χ3n) is 5.38. The summed E-state index contributed by atoms with van der Waals surface area (Å²) in [7, 11) is 0. The zero-order valence-corrected chi connectivity index (χ0v) is 14.5. The number of aromatic nitrogens is 4. The van der Waals surface area contributed by atoms with Crippen LogP contribution in [0, 0.1) is 13.8 Å². The van der Waals surface area contributed by atoms with E-state index in [4.69, 9.17) is 4.74 Å². The van der Waals surface area contributed by atoms with E-state index in [9.17, 15) is 0 Å². The largest absolute Gasteiger partial charge is 0.375 e. The molecule has 6 nitrogen and oxygen atoms in total. The number of aryl methyl sites for hydroxylation is 2. The maximum atomic E-state index is 5.98. The highest BCUT2D eigenvalue weighted by Gasteiger charge is 2.34. The predicted octanol–water partition coefficient (Wildman–Crippen LogP) is 2.42. The fraction of sp³-hybridized carbons (Fsp3) is 0.611. The van der Waals surface area contributed by atoms with E-state index in [0.717, 1.165) is 31.2 Å². The number of hydrogen-bond donors (Lipinski definition) is 0. The number of benzene rings is 1. The number of fused-ring (bicyclic) bond motifs is 1. The van der Waals surface area contributed by atoms with E-state index in [2.05, 4.69) is 52.5 Å². The summed E-state index contributed by atoms with van der Waals surface area (Å²) in [5.74, 6) is 0.915. The van der Waals surface area contributed by atoms with E-state index in [0.29, 0.717) is 12.1 Å². The van der Waals surface area contributed by atoms with Crippen LogP contribution in [0.15, 0.2) is 18.2 Å². The Bertz CT molecular complexity index is 691. The summed E-state index contributed by atoms with van der Waals surface area (Å²) in [6.07, 6.45) is 5.37. The van der Waals surface area contributed by atoms with E-state index in [1.54, 1.807) is 0 Å². The number of morpholine rings is 1. The number of hydrogen-bond acceptors (Lipinski definition) is 5. The zero-order chi connectivity index (χ0) is 16.5. The van der Waals surface area contributed by atoms with Crippen molar-refractivity contribution in [3.63, 3.8) is 0 Å². The van der Waals surface area contributed by atoms with Crippen LogP contribution in [0.4, 0.5) is 0 Å². The van der Waals surface area contributed by atoms with Crippen LogP contribution in [0.1, 0.15) is 42.6 Å². The van der Waals surface area contributed by atoms with Gasteiger partial charge in [-0.1, -0.05) is 31.0 Å². The lowest BCUT2D eigenvalue weighted by atomic mass is 9.90. The molecule has 0 unspecified atom stereocenters. The Morgan fingerprint density at radius 1 is 1.17 bits per heavy atom. The van der Waals surface area contributed by atoms with Crippen LogP contribution in [-0.4, -0.2) is 50.4 Å². The molecule has 0 radical (unpaired) electrons. The molecule has 128 valence electrons. The van der Waals surface area contributed by atoms with Crippen LogP contribution in [0.3, 0.4) is 0 Å². The lowest BCUT2D eigenvalue weighted by molar-refractivity contribution is -0.0919. The number of tetrazole rings is 1. The predicted molar refractivity (Wildman–Crippen MR) is 91.0 cm³/mol. The number of nitrogens with zero attached hydrogens (tertiary/aromatic N) is 5. The van der Waals surface area contributed by atoms with Crippen molar-refractivity contribution in [1.82, 2.24) is 25.1 Å². The van der Waals surface area contributed by atoms with Crippen LogP contribution < -0.4 is 0 Å². The number of rotatable bonds is 3. The second-order valence-electron chi connectivity index (χ2n) is 6.98. The monoisotopic (exact) mass is 327 g/mol. The SMILES string of the molecule is Cc1cccc(C)c1-n1nnnc1CN1CCO[C@H]2CCCC[C@@H]21. The quantitative estimate of drug-likeness (QED) is 0.866. The lowest BCUT2D eigenvalue weighted by Gasteiger charge is -2.43.